The first-order valence-electron chi connectivity index (χ1n) is 6.11. The van der Waals surface area contributed by atoms with Gasteiger partial charge in [-0.1, -0.05) is 24.3 Å². The molecule has 0 saturated heterocycles. The highest BCUT2D eigenvalue weighted by Crippen LogP contribution is 2.10. The van der Waals surface area contributed by atoms with Gasteiger partial charge in [-0.2, -0.15) is 0 Å². The Kier molecular flexibility index (Phi) is 4.42. The lowest BCUT2D eigenvalue weighted by Crippen LogP contribution is -2.24. The molecular formula is C15H14F2N2O. The normalized spacial score (nSPS) is 10.3. The maximum Gasteiger partial charge on any atom is 0.254 e. The van der Waals surface area contributed by atoms with E-state index >= 15 is 0 Å². The van der Waals surface area contributed by atoms with Gasteiger partial charge in [0.25, 0.3) is 5.91 Å². The van der Waals surface area contributed by atoms with Gasteiger partial charge in [0.1, 0.15) is 11.6 Å². The van der Waals surface area contributed by atoms with E-state index in [2.05, 4.69) is 5.32 Å². The number of nitrogens with two attached hydrogens (primary N) is 1. The van der Waals surface area contributed by atoms with Crippen molar-refractivity contribution in [2.24, 2.45) is 5.73 Å². The molecule has 20 heavy (non-hydrogen) atoms. The van der Waals surface area contributed by atoms with E-state index < -0.39 is 17.5 Å². The molecule has 0 fully saturated rings. The fourth-order valence-corrected chi connectivity index (χ4v) is 1.74. The van der Waals surface area contributed by atoms with Gasteiger partial charge in [0, 0.05) is 13.1 Å². The molecule has 5 heteroatoms. The van der Waals surface area contributed by atoms with E-state index in [1.807, 2.05) is 24.3 Å². The monoisotopic (exact) mass is 276 g/mol. The summed E-state index contributed by atoms with van der Waals surface area (Å²) in [5.41, 5.74) is 7.02. The van der Waals surface area contributed by atoms with Crippen molar-refractivity contribution in [2.75, 3.05) is 0 Å². The van der Waals surface area contributed by atoms with Gasteiger partial charge < -0.3 is 11.1 Å². The Bertz CT molecular complexity index is 612. The van der Waals surface area contributed by atoms with Crippen molar-refractivity contribution >= 4 is 5.91 Å². The van der Waals surface area contributed by atoms with Crippen molar-refractivity contribution in [3.8, 4) is 0 Å². The van der Waals surface area contributed by atoms with Gasteiger partial charge >= 0.3 is 0 Å². The molecule has 0 unspecified atom stereocenters. The first-order valence-corrected chi connectivity index (χ1v) is 6.11. The quantitative estimate of drug-likeness (QED) is 0.900. The van der Waals surface area contributed by atoms with Crippen molar-refractivity contribution in [3.63, 3.8) is 0 Å². The maximum absolute atomic E-state index is 13.4. The van der Waals surface area contributed by atoms with E-state index in [4.69, 9.17) is 5.73 Å². The van der Waals surface area contributed by atoms with Crippen LogP contribution in [-0.4, -0.2) is 5.91 Å². The fourth-order valence-electron chi connectivity index (χ4n) is 1.74. The van der Waals surface area contributed by atoms with Gasteiger partial charge in [-0.15, -0.1) is 0 Å². The number of carbonyl (C=O) groups excluding carboxylic acids is 1. The second-order valence-corrected chi connectivity index (χ2v) is 4.33. The molecule has 3 nitrogen and oxygen atoms in total. The third-order valence-corrected chi connectivity index (χ3v) is 2.88. The molecular weight excluding hydrogens is 262 g/mol. The Labute approximate surface area is 115 Å². The van der Waals surface area contributed by atoms with Gasteiger partial charge in [0.15, 0.2) is 0 Å². The van der Waals surface area contributed by atoms with Crippen LogP contribution in [0.25, 0.3) is 0 Å². The van der Waals surface area contributed by atoms with E-state index in [1.54, 1.807) is 0 Å². The molecule has 0 aliphatic carbocycles. The molecule has 0 aromatic heterocycles. The minimum atomic E-state index is -0.748. The summed E-state index contributed by atoms with van der Waals surface area (Å²) >= 11 is 0. The van der Waals surface area contributed by atoms with E-state index in [9.17, 15) is 13.6 Å². The number of benzene rings is 2. The second-order valence-electron chi connectivity index (χ2n) is 4.33. The van der Waals surface area contributed by atoms with Crippen LogP contribution in [-0.2, 0) is 13.1 Å². The Balaban J connectivity index is 2.02. The molecule has 3 N–H and O–H groups in total. The Hall–Kier alpha value is -2.27. The van der Waals surface area contributed by atoms with E-state index in [0.717, 1.165) is 29.3 Å². The fraction of sp³-hybridized carbons (Fsp3) is 0.133. The summed E-state index contributed by atoms with van der Waals surface area (Å²) in [7, 11) is 0. The standard InChI is InChI=1S/C15H14F2N2O/c16-12-5-6-14(17)13(7-12)15(20)19-9-11-3-1-10(8-18)2-4-11/h1-7H,8-9,18H2,(H,19,20). The van der Waals surface area contributed by atoms with Crippen LogP contribution in [0.3, 0.4) is 0 Å². The summed E-state index contributed by atoms with van der Waals surface area (Å²) in [5, 5.41) is 2.54. The molecule has 104 valence electrons. The van der Waals surface area contributed by atoms with Crippen LogP contribution < -0.4 is 11.1 Å². The predicted molar refractivity (Wildman–Crippen MR) is 71.9 cm³/mol. The third kappa shape index (κ3) is 3.39. The molecule has 2 aromatic rings. The number of hydrogen-bond acceptors (Lipinski definition) is 2. The van der Waals surface area contributed by atoms with Gasteiger partial charge in [-0.3, -0.25) is 4.79 Å². The van der Waals surface area contributed by atoms with Crippen molar-refractivity contribution in [2.45, 2.75) is 13.1 Å². The van der Waals surface area contributed by atoms with E-state index in [-0.39, 0.29) is 12.1 Å². The minimum absolute atomic E-state index is 0.236. The SMILES string of the molecule is NCc1ccc(CNC(=O)c2cc(F)ccc2F)cc1. The number of carbonyl (C=O) groups is 1. The molecule has 0 atom stereocenters. The van der Waals surface area contributed by atoms with E-state index in [0.29, 0.717) is 6.54 Å². The highest BCUT2D eigenvalue weighted by molar-refractivity contribution is 5.94. The zero-order valence-corrected chi connectivity index (χ0v) is 10.7. The summed E-state index contributed by atoms with van der Waals surface area (Å²) in [5.74, 6) is -2.05. The van der Waals surface area contributed by atoms with Crippen molar-refractivity contribution < 1.29 is 13.6 Å². The molecule has 1 amide bonds. The highest BCUT2D eigenvalue weighted by Gasteiger charge is 2.12. The summed E-state index contributed by atoms with van der Waals surface area (Å²) in [6, 6.07) is 10.1. The largest absolute Gasteiger partial charge is 0.348 e. The number of amides is 1. The summed E-state index contributed by atoms with van der Waals surface area (Å²) in [6.45, 7) is 0.681. The molecule has 0 radical (unpaired) electrons. The number of halogens is 2. The van der Waals surface area contributed by atoms with Crippen LogP contribution in [0.4, 0.5) is 8.78 Å². The molecule has 0 aliphatic rings. The van der Waals surface area contributed by atoms with Gasteiger partial charge in [0.2, 0.25) is 0 Å². The average molecular weight is 276 g/mol. The van der Waals surface area contributed by atoms with Crippen molar-refractivity contribution in [3.05, 3.63) is 70.8 Å². The lowest BCUT2D eigenvalue weighted by atomic mass is 10.1. The predicted octanol–water partition coefficient (Wildman–Crippen LogP) is 2.35. The molecule has 0 spiro atoms. The van der Waals surface area contributed by atoms with Gasteiger partial charge in [-0.25, -0.2) is 8.78 Å². The average Bonchev–Trinajstić information content (AvgIpc) is 2.47. The molecule has 2 aromatic carbocycles. The van der Waals surface area contributed by atoms with Crippen LogP contribution in [0.15, 0.2) is 42.5 Å². The zero-order valence-electron chi connectivity index (χ0n) is 10.7. The topological polar surface area (TPSA) is 55.1 Å². The van der Waals surface area contributed by atoms with Gasteiger partial charge in [-0.05, 0) is 29.3 Å². The van der Waals surface area contributed by atoms with Crippen molar-refractivity contribution in [1.29, 1.82) is 0 Å². The second kappa shape index (κ2) is 6.25. The molecule has 2 rings (SSSR count). The Morgan fingerprint density at radius 1 is 1.05 bits per heavy atom. The molecule has 0 saturated carbocycles. The molecule has 0 aliphatic heterocycles. The molecule has 0 heterocycles. The Morgan fingerprint density at radius 3 is 2.35 bits per heavy atom. The number of hydrogen-bond donors (Lipinski definition) is 2. The van der Waals surface area contributed by atoms with Crippen molar-refractivity contribution in [1.82, 2.24) is 5.32 Å². The number of nitrogens with one attached hydrogen (secondary N) is 1. The number of rotatable bonds is 4. The highest BCUT2D eigenvalue weighted by atomic mass is 19.1. The first kappa shape index (κ1) is 14.1. The van der Waals surface area contributed by atoms with Crippen LogP contribution in [0.2, 0.25) is 0 Å². The van der Waals surface area contributed by atoms with Crippen LogP contribution in [0.5, 0.6) is 0 Å². The first-order chi connectivity index (χ1) is 9.60. The lowest BCUT2D eigenvalue weighted by molar-refractivity contribution is 0.0946. The third-order valence-electron chi connectivity index (χ3n) is 2.88. The maximum atomic E-state index is 13.4. The van der Waals surface area contributed by atoms with Gasteiger partial charge in [0.05, 0.1) is 5.56 Å². The van der Waals surface area contributed by atoms with E-state index in [1.165, 1.54) is 0 Å². The summed E-state index contributed by atoms with van der Waals surface area (Å²) in [6.07, 6.45) is 0. The van der Waals surface area contributed by atoms with Crippen LogP contribution in [0.1, 0.15) is 21.5 Å². The summed E-state index contributed by atoms with van der Waals surface area (Å²) in [4.78, 5) is 11.8. The van der Waals surface area contributed by atoms with Crippen LogP contribution in [0, 0.1) is 11.6 Å². The smallest absolute Gasteiger partial charge is 0.254 e. The van der Waals surface area contributed by atoms with Crippen LogP contribution >= 0.6 is 0 Å². The minimum Gasteiger partial charge on any atom is -0.348 e. The summed E-state index contributed by atoms with van der Waals surface area (Å²) < 4.78 is 26.4. The Morgan fingerprint density at radius 2 is 1.70 bits per heavy atom. The molecule has 0 bridgehead atoms. The lowest BCUT2D eigenvalue weighted by Gasteiger charge is -2.07. The zero-order chi connectivity index (χ0) is 14.5.